The first-order valence-corrected chi connectivity index (χ1v) is 9.31. The number of fused-ring (bicyclic) bond motifs is 1. The third kappa shape index (κ3) is 3.73. The van der Waals surface area contributed by atoms with E-state index in [4.69, 9.17) is 0 Å². The molecule has 7 nitrogen and oxygen atoms in total. The average Bonchev–Trinajstić information content (AvgIpc) is 2.99. The predicted molar refractivity (Wildman–Crippen MR) is 98.4 cm³/mol. The Labute approximate surface area is 155 Å². The van der Waals surface area contributed by atoms with Gasteiger partial charge in [0, 0.05) is 31.5 Å². The molecule has 0 radical (unpaired) electrons. The summed E-state index contributed by atoms with van der Waals surface area (Å²) in [6, 6.07) is 9.62. The third-order valence-electron chi connectivity index (χ3n) is 4.27. The van der Waals surface area contributed by atoms with E-state index in [0.29, 0.717) is 6.54 Å². The zero-order chi connectivity index (χ0) is 18.5. The van der Waals surface area contributed by atoms with E-state index in [9.17, 15) is 19.6 Å². The van der Waals surface area contributed by atoms with Crippen LogP contribution in [-0.2, 0) is 16.0 Å². The number of para-hydroxylation sites is 1. The van der Waals surface area contributed by atoms with Crippen molar-refractivity contribution in [2.24, 2.45) is 0 Å². The standard InChI is InChI=1S/C18H18N4O3S/c19-10-14(11-20-7-9-22-16(23)12-26-18(22)25)17(24)21-8-3-5-13-4-1-2-6-15(13)21/h1-2,4,6,11,20H,3,5,7-9,12H2/b14-11-. The number of rotatable bonds is 5. The maximum Gasteiger partial charge on any atom is 0.288 e. The molecule has 3 amide bonds. The Morgan fingerprint density at radius 3 is 2.88 bits per heavy atom. The summed E-state index contributed by atoms with van der Waals surface area (Å²) in [5.74, 6) is -0.395. The lowest BCUT2D eigenvalue weighted by molar-refractivity contribution is -0.124. The van der Waals surface area contributed by atoms with Gasteiger partial charge in [0.2, 0.25) is 5.91 Å². The molecule has 0 aliphatic carbocycles. The predicted octanol–water partition coefficient (Wildman–Crippen LogP) is 1.66. The van der Waals surface area contributed by atoms with E-state index in [1.165, 1.54) is 11.1 Å². The highest BCUT2D eigenvalue weighted by Gasteiger charge is 2.29. The van der Waals surface area contributed by atoms with E-state index < -0.39 is 0 Å². The van der Waals surface area contributed by atoms with Crippen molar-refractivity contribution in [1.82, 2.24) is 10.2 Å². The van der Waals surface area contributed by atoms with E-state index in [-0.39, 0.29) is 41.5 Å². The number of anilines is 1. The molecular weight excluding hydrogens is 352 g/mol. The average molecular weight is 370 g/mol. The summed E-state index contributed by atoms with van der Waals surface area (Å²) in [5, 5.41) is 11.9. The SMILES string of the molecule is N#C/C(=C/NCCN1C(=O)CSC1=O)C(=O)N1CCCc2ccccc21. The van der Waals surface area contributed by atoms with Crippen LogP contribution in [0.1, 0.15) is 12.0 Å². The molecule has 0 bridgehead atoms. The fraction of sp³-hybridized carbons (Fsp3) is 0.333. The van der Waals surface area contributed by atoms with Crippen molar-refractivity contribution < 1.29 is 14.4 Å². The minimum atomic E-state index is -0.351. The van der Waals surface area contributed by atoms with Gasteiger partial charge in [-0.2, -0.15) is 5.26 Å². The van der Waals surface area contributed by atoms with Crippen LogP contribution < -0.4 is 10.2 Å². The summed E-state index contributed by atoms with van der Waals surface area (Å²) in [6.07, 6.45) is 3.13. The second-order valence-electron chi connectivity index (χ2n) is 5.91. The summed E-state index contributed by atoms with van der Waals surface area (Å²) in [7, 11) is 0. The number of hydrogen-bond acceptors (Lipinski definition) is 6. The topological polar surface area (TPSA) is 93.5 Å². The van der Waals surface area contributed by atoms with Crippen LogP contribution in [0.5, 0.6) is 0 Å². The van der Waals surface area contributed by atoms with E-state index in [1.54, 1.807) is 4.90 Å². The molecule has 1 N–H and O–H groups in total. The molecule has 2 aliphatic heterocycles. The van der Waals surface area contributed by atoms with Crippen LogP contribution >= 0.6 is 11.8 Å². The number of imide groups is 1. The number of carbonyl (C=O) groups is 3. The summed E-state index contributed by atoms with van der Waals surface area (Å²) in [4.78, 5) is 38.6. The first-order valence-electron chi connectivity index (χ1n) is 8.32. The Morgan fingerprint density at radius 2 is 2.15 bits per heavy atom. The number of hydrogen-bond donors (Lipinski definition) is 1. The molecule has 0 spiro atoms. The number of amides is 3. The van der Waals surface area contributed by atoms with Crippen LogP contribution in [0.3, 0.4) is 0 Å². The van der Waals surface area contributed by atoms with Gasteiger partial charge in [0.25, 0.3) is 11.1 Å². The number of thioether (sulfide) groups is 1. The quantitative estimate of drug-likeness (QED) is 0.481. The molecule has 134 valence electrons. The molecule has 1 aromatic rings. The van der Waals surface area contributed by atoms with Crippen LogP contribution in [0.15, 0.2) is 36.0 Å². The number of benzene rings is 1. The molecule has 1 aromatic carbocycles. The lowest BCUT2D eigenvalue weighted by atomic mass is 10.0. The summed E-state index contributed by atoms with van der Waals surface area (Å²) < 4.78 is 0. The highest BCUT2D eigenvalue weighted by Crippen LogP contribution is 2.27. The Hall–Kier alpha value is -2.79. The van der Waals surface area contributed by atoms with Gasteiger partial charge in [-0.15, -0.1) is 0 Å². The molecule has 3 rings (SSSR count). The maximum atomic E-state index is 12.7. The minimum absolute atomic E-state index is 0.00449. The zero-order valence-corrected chi connectivity index (χ0v) is 14.9. The van der Waals surface area contributed by atoms with Crippen molar-refractivity contribution in [3.05, 3.63) is 41.6 Å². The monoisotopic (exact) mass is 370 g/mol. The van der Waals surface area contributed by atoms with Crippen molar-refractivity contribution in [2.45, 2.75) is 12.8 Å². The first kappa shape index (κ1) is 18.0. The minimum Gasteiger partial charge on any atom is -0.388 e. The molecule has 0 saturated carbocycles. The van der Waals surface area contributed by atoms with Crippen LogP contribution in [-0.4, -0.2) is 47.3 Å². The second-order valence-corrected chi connectivity index (χ2v) is 6.84. The number of nitrogens with one attached hydrogen (secondary N) is 1. The van der Waals surface area contributed by atoms with Crippen LogP contribution in [0.2, 0.25) is 0 Å². The lowest BCUT2D eigenvalue weighted by Crippen LogP contribution is -2.37. The highest BCUT2D eigenvalue weighted by atomic mass is 32.2. The Balaban J connectivity index is 1.63. The summed E-state index contributed by atoms with van der Waals surface area (Å²) in [5.41, 5.74) is 1.94. The Kier molecular flexibility index (Phi) is 5.58. The molecule has 8 heteroatoms. The molecule has 0 aromatic heterocycles. The van der Waals surface area contributed by atoms with Gasteiger partial charge in [0.15, 0.2) is 0 Å². The fourth-order valence-electron chi connectivity index (χ4n) is 2.98. The second kappa shape index (κ2) is 8.06. The van der Waals surface area contributed by atoms with Crippen LogP contribution in [0.25, 0.3) is 0 Å². The van der Waals surface area contributed by atoms with Gasteiger partial charge < -0.3 is 10.2 Å². The molecule has 1 saturated heterocycles. The van der Waals surface area contributed by atoms with E-state index in [2.05, 4.69) is 5.32 Å². The van der Waals surface area contributed by atoms with Gasteiger partial charge in [-0.1, -0.05) is 30.0 Å². The van der Waals surface area contributed by atoms with E-state index >= 15 is 0 Å². The van der Waals surface area contributed by atoms with Gasteiger partial charge in [0.05, 0.1) is 5.75 Å². The van der Waals surface area contributed by atoms with Gasteiger partial charge in [-0.05, 0) is 24.5 Å². The number of nitrogens with zero attached hydrogens (tertiary/aromatic N) is 3. The molecule has 2 heterocycles. The maximum absolute atomic E-state index is 12.7. The summed E-state index contributed by atoms with van der Waals surface area (Å²) in [6.45, 7) is 1.07. The molecule has 2 aliphatic rings. The van der Waals surface area contributed by atoms with Crippen molar-refractivity contribution in [3.63, 3.8) is 0 Å². The smallest absolute Gasteiger partial charge is 0.288 e. The van der Waals surface area contributed by atoms with E-state index in [1.807, 2.05) is 30.3 Å². The highest BCUT2D eigenvalue weighted by molar-refractivity contribution is 8.14. The Bertz CT molecular complexity index is 799. The van der Waals surface area contributed by atoms with Crippen LogP contribution in [0.4, 0.5) is 10.5 Å². The normalized spacial score (nSPS) is 17.1. The molecule has 0 unspecified atom stereocenters. The molecule has 0 atom stereocenters. The molecule has 1 fully saturated rings. The van der Waals surface area contributed by atoms with Gasteiger partial charge in [-0.3, -0.25) is 19.3 Å². The Morgan fingerprint density at radius 1 is 1.35 bits per heavy atom. The third-order valence-corrected chi connectivity index (χ3v) is 5.13. The van der Waals surface area contributed by atoms with Crippen molar-refractivity contribution >= 4 is 34.5 Å². The van der Waals surface area contributed by atoms with E-state index in [0.717, 1.165) is 35.9 Å². The van der Waals surface area contributed by atoms with Gasteiger partial charge in [-0.25, -0.2) is 0 Å². The van der Waals surface area contributed by atoms with Gasteiger partial charge in [0.1, 0.15) is 11.6 Å². The van der Waals surface area contributed by atoms with Crippen molar-refractivity contribution in [2.75, 3.05) is 30.3 Å². The first-order chi connectivity index (χ1) is 12.6. The fourth-order valence-corrected chi connectivity index (χ4v) is 3.73. The van der Waals surface area contributed by atoms with Crippen molar-refractivity contribution in [1.29, 1.82) is 5.26 Å². The number of nitriles is 1. The van der Waals surface area contributed by atoms with Crippen LogP contribution in [0, 0.1) is 11.3 Å². The number of aryl methyl sites for hydroxylation is 1. The lowest BCUT2D eigenvalue weighted by Gasteiger charge is -2.29. The van der Waals surface area contributed by atoms with Crippen molar-refractivity contribution in [3.8, 4) is 6.07 Å². The van der Waals surface area contributed by atoms with Gasteiger partial charge >= 0.3 is 0 Å². The number of carbonyl (C=O) groups excluding carboxylic acids is 3. The zero-order valence-electron chi connectivity index (χ0n) is 14.1. The summed E-state index contributed by atoms with van der Waals surface area (Å²) >= 11 is 0.981. The molecule has 26 heavy (non-hydrogen) atoms. The largest absolute Gasteiger partial charge is 0.388 e. The molecular formula is C18H18N4O3S.